The van der Waals surface area contributed by atoms with Gasteiger partial charge in [-0.15, -0.1) is 0 Å². The molecule has 4 heteroatoms. The van der Waals surface area contributed by atoms with Crippen LogP contribution in [-0.2, 0) is 16.0 Å². The first-order chi connectivity index (χ1) is 3.63. The normalized spacial score (nSPS) is 13.2. The van der Waals surface area contributed by atoms with Gasteiger partial charge in [0.25, 0.3) is 0 Å². The Hall–Kier alpha value is -0.220. The zero-order chi connectivity index (χ0) is 6.57. The van der Waals surface area contributed by atoms with Crippen LogP contribution in [0, 0.1) is 0 Å². The van der Waals surface area contributed by atoms with Crippen molar-refractivity contribution in [3.8, 4) is 0 Å². The van der Waals surface area contributed by atoms with Gasteiger partial charge in [0.1, 0.15) is 5.75 Å². The summed E-state index contributed by atoms with van der Waals surface area (Å²) in [7, 11) is 0. The molecule has 0 aliphatic rings. The highest BCUT2D eigenvalue weighted by Crippen LogP contribution is 1.86. The third-order valence-electron chi connectivity index (χ3n) is 0.617. The van der Waals surface area contributed by atoms with Crippen LogP contribution in [0.3, 0.4) is 0 Å². The second-order valence-electron chi connectivity index (χ2n) is 1.45. The molecule has 0 spiro atoms. The molecule has 0 aliphatic carbocycles. The van der Waals surface area contributed by atoms with Gasteiger partial charge in [0, 0.05) is 0 Å². The summed E-state index contributed by atoms with van der Waals surface area (Å²) in [6.07, 6.45) is 1.63. The van der Waals surface area contributed by atoms with Crippen molar-refractivity contribution < 1.29 is 9.35 Å². The van der Waals surface area contributed by atoms with E-state index in [0.717, 1.165) is 0 Å². The fourth-order valence-corrected chi connectivity index (χ4v) is 0.709. The monoisotopic (exact) mass is 134 g/mol. The van der Waals surface area contributed by atoms with Crippen molar-refractivity contribution in [2.45, 2.75) is 6.42 Å². The first kappa shape index (κ1) is 7.78. The van der Waals surface area contributed by atoms with E-state index in [1.165, 1.54) is 6.26 Å². The molecule has 0 aromatic heterocycles. The summed E-state index contributed by atoms with van der Waals surface area (Å²) in [5, 5.41) is 0. The highest BCUT2D eigenvalue weighted by Gasteiger charge is 2.00. The lowest BCUT2D eigenvalue weighted by atomic mass is 10.5. The molecule has 1 atom stereocenters. The number of carbonyl (C=O) groups excluding carboxylic acids is 1. The predicted molar refractivity (Wildman–Crippen MR) is 31.7 cm³/mol. The molecule has 0 saturated heterocycles. The lowest BCUT2D eigenvalue weighted by molar-refractivity contribution is -0.118. The van der Waals surface area contributed by atoms with E-state index in [4.69, 9.17) is 5.73 Å². The first-order valence-electron chi connectivity index (χ1n) is 2.17. The number of carbonyl (C=O) groups is 1. The van der Waals surface area contributed by atoms with Gasteiger partial charge in [0.15, 0.2) is 0 Å². The molecule has 8 heavy (non-hydrogen) atoms. The molecule has 1 unspecified atom stereocenters. The maximum Gasteiger partial charge on any atom is 0.243 e. The van der Waals surface area contributed by atoms with Crippen LogP contribution >= 0.6 is 0 Å². The van der Waals surface area contributed by atoms with Gasteiger partial charge >= 0.3 is 0 Å². The van der Waals surface area contributed by atoms with Crippen LogP contribution < -0.4 is 5.73 Å². The number of nitrogens with one attached hydrogen (secondary N) is 1. The summed E-state index contributed by atoms with van der Waals surface area (Å²) < 4.78 is 10.2. The van der Waals surface area contributed by atoms with E-state index < -0.39 is 17.1 Å². The van der Waals surface area contributed by atoms with Gasteiger partial charge in [-0.05, 0) is 0 Å². The SMILES string of the molecule is C[S+]([O-])CCC([NH])=O. The maximum absolute atomic E-state index is 10.2. The Kier molecular flexibility index (Phi) is 3.64. The summed E-state index contributed by atoms with van der Waals surface area (Å²) in [4.78, 5) is 9.88. The smallest absolute Gasteiger partial charge is 0.243 e. The van der Waals surface area contributed by atoms with E-state index in [2.05, 4.69) is 0 Å². The van der Waals surface area contributed by atoms with Crippen molar-refractivity contribution >= 4 is 17.1 Å². The lowest BCUT2D eigenvalue weighted by Crippen LogP contribution is -2.09. The van der Waals surface area contributed by atoms with Crippen LogP contribution in [-0.4, -0.2) is 22.5 Å². The van der Waals surface area contributed by atoms with E-state index in [-0.39, 0.29) is 6.42 Å². The third kappa shape index (κ3) is 5.78. The molecular weight excluding hydrogens is 126 g/mol. The fraction of sp³-hybridized carbons (Fsp3) is 0.750. The molecule has 1 radical (unpaired) electrons. The van der Waals surface area contributed by atoms with Crippen molar-refractivity contribution in [2.75, 3.05) is 12.0 Å². The molecule has 0 bridgehead atoms. The molecular formula is C4H8NO2S. The number of rotatable bonds is 3. The highest BCUT2D eigenvalue weighted by molar-refractivity contribution is 7.90. The molecule has 0 aromatic rings. The van der Waals surface area contributed by atoms with E-state index in [0.29, 0.717) is 5.75 Å². The molecule has 0 saturated carbocycles. The average Bonchev–Trinajstić information content (AvgIpc) is 1.61. The average molecular weight is 134 g/mol. The summed E-state index contributed by atoms with van der Waals surface area (Å²) in [5.74, 6) is -0.317. The number of hydrogen-bond donors (Lipinski definition) is 0. The third-order valence-corrected chi connectivity index (χ3v) is 1.40. The predicted octanol–water partition coefficient (Wildman–Crippen LogP) is -0.435. The standard InChI is InChI=1S/C4H8NO2S/c1-8(7)3-2-4(5)6/h5H,2-3H2,1H3. The van der Waals surface area contributed by atoms with Gasteiger partial charge < -0.3 is 4.55 Å². The highest BCUT2D eigenvalue weighted by atomic mass is 32.2. The number of hydrogen-bond acceptors (Lipinski definition) is 2. The van der Waals surface area contributed by atoms with Crippen LogP contribution in [0.2, 0.25) is 0 Å². The maximum atomic E-state index is 10.2. The van der Waals surface area contributed by atoms with E-state index in [1.807, 2.05) is 0 Å². The van der Waals surface area contributed by atoms with E-state index in [1.54, 1.807) is 0 Å². The fourth-order valence-electron chi connectivity index (χ4n) is 0.236. The molecule has 0 aromatic carbocycles. The van der Waals surface area contributed by atoms with Crippen molar-refractivity contribution in [3.05, 3.63) is 0 Å². The Morgan fingerprint density at radius 1 is 1.88 bits per heavy atom. The Labute approximate surface area is 51.4 Å². The van der Waals surface area contributed by atoms with Gasteiger partial charge in [-0.1, -0.05) is 11.2 Å². The van der Waals surface area contributed by atoms with E-state index in [9.17, 15) is 9.35 Å². The summed E-state index contributed by atoms with van der Waals surface area (Å²) in [6.45, 7) is 0. The van der Waals surface area contributed by atoms with Crippen molar-refractivity contribution in [2.24, 2.45) is 0 Å². The van der Waals surface area contributed by atoms with Gasteiger partial charge in [-0.2, -0.15) is 0 Å². The van der Waals surface area contributed by atoms with Crippen molar-refractivity contribution in [1.82, 2.24) is 5.73 Å². The Morgan fingerprint density at radius 2 is 2.38 bits per heavy atom. The minimum absolute atomic E-state index is 0.114. The molecule has 3 nitrogen and oxygen atoms in total. The summed E-state index contributed by atoms with van der Waals surface area (Å²) >= 11 is -0.927. The van der Waals surface area contributed by atoms with Gasteiger partial charge in [0.05, 0.1) is 12.7 Å². The van der Waals surface area contributed by atoms with Gasteiger partial charge in [-0.3, -0.25) is 10.5 Å². The van der Waals surface area contributed by atoms with Crippen molar-refractivity contribution in [1.29, 1.82) is 0 Å². The zero-order valence-electron chi connectivity index (χ0n) is 4.64. The first-order valence-corrected chi connectivity index (χ1v) is 3.90. The quantitative estimate of drug-likeness (QED) is 0.491. The summed E-state index contributed by atoms with van der Waals surface area (Å²) in [5.41, 5.74) is 6.40. The van der Waals surface area contributed by atoms with Crippen LogP contribution in [0.1, 0.15) is 6.42 Å². The minimum Gasteiger partial charge on any atom is -0.617 e. The molecule has 0 rings (SSSR count). The zero-order valence-corrected chi connectivity index (χ0v) is 5.46. The van der Waals surface area contributed by atoms with Crippen LogP contribution in [0.15, 0.2) is 0 Å². The molecule has 1 N–H and O–H groups in total. The largest absolute Gasteiger partial charge is 0.617 e. The van der Waals surface area contributed by atoms with Crippen LogP contribution in [0.5, 0.6) is 0 Å². The molecule has 1 amide bonds. The lowest BCUT2D eigenvalue weighted by Gasteiger charge is -1.99. The topological polar surface area (TPSA) is 63.9 Å². The summed E-state index contributed by atoms with van der Waals surface area (Å²) in [6, 6.07) is 0. The van der Waals surface area contributed by atoms with Crippen LogP contribution in [0.25, 0.3) is 0 Å². The Bertz CT molecular complexity index is 84.1. The van der Waals surface area contributed by atoms with Crippen molar-refractivity contribution in [3.63, 3.8) is 0 Å². The minimum atomic E-state index is -0.927. The number of amides is 1. The molecule has 0 aliphatic heterocycles. The van der Waals surface area contributed by atoms with Crippen LogP contribution in [0.4, 0.5) is 0 Å². The second kappa shape index (κ2) is 3.74. The molecule has 47 valence electrons. The second-order valence-corrected chi connectivity index (χ2v) is 3.01. The Balaban J connectivity index is 3.05. The molecule has 0 heterocycles. The Morgan fingerprint density at radius 3 is 2.50 bits per heavy atom. The van der Waals surface area contributed by atoms with E-state index >= 15 is 0 Å². The van der Waals surface area contributed by atoms with Gasteiger partial charge in [0.2, 0.25) is 5.91 Å². The molecule has 0 fully saturated rings. The van der Waals surface area contributed by atoms with Gasteiger partial charge in [-0.25, -0.2) is 0 Å².